The van der Waals surface area contributed by atoms with Crippen LogP contribution in [-0.4, -0.2) is 43.2 Å². The maximum atomic E-state index is 15.2. The SMILES string of the molecule is CC(C)c1sc(NC(=O)Cc2ccc(-c3cnc4cc(-c5ccncc5)ccn34)cc2F)nc1CN1CCCC1. The van der Waals surface area contributed by atoms with Crippen molar-refractivity contribution in [2.45, 2.75) is 45.6 Å². The zero-order valence-corrected chi connectivity index (χ0v) is 23.4. The summed E-state index contributed by atoms with van der Waals surface area (Å²) in [6.07, 6.45) is 9.57. The molecule has 1 aliphatic rings. The van der Waals surface area contributed by atoms with E-state index >= 15 is 4.39 Å². The second-order valence-corrected chi connectivity index (χ2v) is 11.6. The number of fused-ring (bicyclic) bond motifs is 1. The minimum atomic E-state index is -0.423. The highest BCUT2D eigenvalue weighted by Gasteiger charge is 2.21. The number of benzene rings is 1. The van der Waals surface area contributed by atoms with Crippen LogP contribution < -0.4 is 5.32 Å². The van der Waals surface area contributed by atoms with Crippen LogP contribution in [0, 0.1) is 5.82 Å². The fourth-order valence-corrected chi connectivity index (χ4v) is 6.23. The van der Waals surface area contributed by atoms with Gasteiger partial charge < -0.3 is 5.32 Å². The Morgan fingerprint density at radius 3 is 2.60 bits per heavy atom. The lowest BCUT2D eigenvalue weighted by Gasteiger charge is -2.14. The van der Waals surface area contributed by atoms with Gasteiger partial charge in [0.05, 0.1) is 24.0 Å². The molecule has 204 valence electrons. The van der Waals surface area contributed by atoms with Gasteiger partial charge in [-0.25, -0.2) is 14.4 Å². The van der Waals surface area contributed by atoms with E-state index in [9.17, 15) is 4.79 Å². The number of anilines is 1. The van der Waals surface area contributed by atoms with Crippen molar-refractivity contribution in [3.63, 3.8) is 0 Å². The van der Waals surface area contributed by atoms with E-state index in [1.807, 2.05) is 40.9 Å². The summed E-state index contributed by atoms with van der Waals surface area (Å²) < 4.78 is 17.1. The van der Waals surface area contributed by atoms with Crippen LogP contribution in [-0.2, 0) is 17.8 Å². The van der Waals surface area contributed by atoms with Crippen molar-refractivity contribution in [1.82, 2.24) is 24.3 Å². The molecule has 5 aromatic rings. The number of aromatic nitrogens is 4. The number of halogens is 1. The molecule has 0 saturated carbocycles. The number of hydrogen-bond donors (Lipinski definition) is 1. The van der Waals surface area contributed by atoms with E-state index < -0.39 is 5.82 Å². The number of nitrogens with zero attached hydrogens (tertiary/aromatic N) is 5. The van der Waals surface area contributed by atoms with Gasteiger partial charge in [0.15, 0.2) is 5.13 Å². The van der Waals surface area contributed by atoms with E-state index in [0.29, 0.717) is 22.2 Å². The first-order valence-electron chi connectivity index (χ1n) is 13.6. The van der Waals surface area contributed by atoms with Crippen molar-refractivity contribution in [2.75, 3.05) is 18.4 Å². The Hall–Kier alpha value is -3.95. The van der Waals surface area contributed by atoms with Gasteiger partial charge in [-0.15, -0.1) is 11.3 Å². The molecule has 1 aliphatic heterocycles. The lowest BCUT2D eigenvalue weighted by atomic mass is 10.1. The molecule has 6 rings (SSSR count). The van der Waals surface area contributed by atoms with E-state index in [-0.39, 0.29) is 12.3 Å². The van der Waals surface area contributed by atoms with E-state index in [4.69, 9.17) is 4.98 Å². The Kier molecular flexibility index (Phi) is 7.40. The highest BCUT2D eigenvalue weighted by molar-refractivity contribution is 7.16. The molecular formula is C31H31FN6OS. The fourth-order valence-electron chi connectivity index (χ4n) is 5.24. The first-order chi connectivity index (χ1) is 19.4. The Morgan fingerprint density at radius 2 is 1.85 bits per heavy atom. The Balaban J connectivity index is 1.16. The third-order valence-electron chi connectivity index (χ3n) is 7.30. The maximum Gasteiger partial charge on any atom is 0.230 e. The van der Waals surface area contributed by atoms with E-state index in [0.717, 1.165) is 47.8 Å². The highest BCUT2D eigenvalue weighted by atomic mass is 32.1. The summed E-state index contributed by atoms with van der Waals surface area (Å²) in [6, 6.07) is 12.9. The van der Waals surface area contributed by atoms with Gasteiger partial charge in [-0.2, -0.15) is 0 Å². The average molecular weight is 555 g/mol. The summed E-state index contributed by atoms with van der Waals surface area (Å²) in [4.78, 5) is 29.8. The molecule has 1 N–H and O–H groups in total. The molecule has 40 heavy (non-hydrogen) atoms. The Morgan fingerprint density at radius 1 is 1.05 bits per heavy atom. The van der Waals surface area contributed by atoms with Crippen LogP contribution >= 0.6 is 11.3 Å². The van der Waals surface area contributed by atoms with Gasteiger partial charge in [0.25, 0.3) is 0 Å². The van der Waals surface area contributed by atoms with Gasteiger partial charge in [-0.05, 0) is 78.9 Å². The number of thiazole rings is 1. The number of nitrogens with one attached hydrogen (secondary N) is 1. The largest absolute Gasteiger partial charge is 0.302 e. The van der Waals surface area contributed by atoms with Crippen LogP contribution in [0.2, 0.25) is 0 Å². The van der Waals surface area contributed by atoms with Crippen LogP contribution in [0.1, 0.15) is 48.7 Å². The summed E-state index contributed by atoms with van der Waals surface area (Å²) in [5.74, 6) is -0.373. The quantitative estimate of drug-likeness (QED) is 0.235. The van der Waals surface area contributed by atoms with Gasteiger partial charge in [-0.1, -0.05) is 26.0 Å². The summed E-state index contributed by atoms with van der Waals surface area (Å²) in [6.45, 7) is 7.28. The van der Waals surface area contributed by atoms with E-state index in [1.54, 1.807) is 24.7 Å². The Bertz CT molecular complexity index is 1660. The zero-order chi connectivity index (χ0) is 27.6. The molecule has 4 aromatic heterocycles. The highest BCUT2D eigenvalue weighted by Crippen LogP contribution is 2.32. The summed E-state index contributed by atoms with van der Waals surface area (Å²) in [5, 5.41) is 3.49. The minimum Gasteiger partial charge on any atom is -0.302 e. The smallest absolute Gasteiger partial charge is 0.230 e. The molecule has 0 unspecified atom stereocenters. The standard InChI is InChI=1S/C31H31FN6OS/c1-20(2)30-26(19-37-12-3-4-13-37)35-31(40-30)36-29(39)17-23-5-6-24(15-25(23)32)27-18-34-28-16-22(9-14-38(27)28)21-7-10-33-11-8-21/h5-11,14-16,18,20H,3-4,12-13,17,19H2,1-2H3,(H,35,36,39). The summed E-state index contributed by atoms with van der Waals surface area (Å²) in [5.41, 5.74) is 5.70. The Labute approximate surface area is 236 Å². The van der Waals surface area contributed by atoms with Gasteiger partial charge in [0.1, 0.15) is 11.5 Å². The lowest BCUT2D eigenvalue weighted by molar-refractivity contribution is -0.115. The number of likely N-dealkylation sites (tertiary alicyclic amines) is 1. The molecule has 0 spiro atoms. The number of hydrogen-bond acceptors (Lipinski definition) is 6. The monoisotopic (exact) mass is 554 g/mol. The normalized spacial score (nSPS) is 13.9. The predicted molar refractivity (Wildman–Crippen MR) is 157 cm³/mol. The molecule has 5 heterocycles. The first-order valence-corrected chi connectivity index (χ1v) is 14.4. The van der Waals surface area contributed by atoms with Gasteiger partial charge >= 0.3 is 0 Å². The molecule has 7 nitrogen and oxygen atoms in total. The molecule has 1 amide bonds. The van der Waals surface area contributed by atoms with Gasteiger partial charge in [-0.3, -0.25) is 19.1 Å². The molecule has 0 bridgehead atoms. The number of rotatable bonds is 8. The molecule has 9 heteroatoms. The average Bonchev–Trinajstić information content (AvgIpc) is 3.71. The fraction of sp³-hybridized carbons (Fsp3) is 0.290. The number of imidazole rings is 1. The predicted octanol–water partition coefficient (Wildman–Crippen LogP) is 6.56. The zero-order valence-electron chi connectivity index (χ0n) is 22.6. The number of carbonyl (C=O) groups is 1. The van der Waals surface area contributed by atoms with Crippen LogP contribution in [0.25, 0.3) is 28.0 Å². The maximum absolute atomic E-state index is 15.2. The third-order valence-corrected chi connectivity index (χ3v) is 8.61. The topological polar surface area (TPSA) is 75.4 Å². The lowest BCUT2D eigenvalue weighted by Crippen LogP contribution is -2.19. The molecular weight excluding hydrogens is 523 g/mol. The molecule has 1 fully saturated rings. The van der Waals surface area contributed by atoms with Crippen LogP contribution in [0.15, 0.2) is 67.3 Å². The number of pyridine rings is 2. The van der Waals surface area contributed by atoms with Crippen molar-refractivity contribution in [2.24, 2.45) is 0 Å². The second-order valence-electron chi connectivity index (χ2n) is 10.5. The van der Waals surface area contributed by atoms with Crippen LogP contribution in [0.3, 0.4) is 0 Å². The van der Waals surface area contributed by atoms with Crippen LogP contribution in [0.5, 0.6) is 0 Å². The number of amides is 1. The van der Waals surface area contributed by atoms with Gasteiger partial charge in [0.2, 0.25) is 5.91 Å². The van der Waals surface area contributed by atoms with E-state index in [1.165, 1.54) is 35.1 Å². The first kappa shape index (κ1) is 26.3. The third kappa shape index (κ3) is 5.52. The minimum absolute atomic E-state index is 0.0629. The van der Waals surface area contributed by atoms with Gasteiger partial charge in [0, 0.05) is 35.6 Å². The molecule has 0 radical (unpaired) electrons. The van der Waals surface area contributed by atoms with Crippen molar-refractivity contribution in [3.05, 3.63) is 89.2 Å². The second kappa shape index (κ2) is 11.3. The van der Waals surface area contributed by atoms with E-state index in [2.05, 4.69) is 34.0 Å². The van der Waals surface area contributed by atoms with Crippen molar-refractivity contribution in [1.29, 1.82) is 0 Å². The summed E-state index contributed by atoms with van der Waals surface area (Å²) >= 11 is 1.52. The molecule has 1 saturated heterocycles. The van der Waals surface area contributed by atoms with Crippen LogP contribution in [0.4, 0.5) is 9.52 Å². The molecule has 0 atom stereocenters. The van der Waals surface area contributed by atoms with Crippen molar-refractivity contribution >= 4 is 28.0 Å². The molecule has 1 aromatic carbocycles. The van der Waals surface area contributed by atoms with Crippen molar-refractivity contribution < 1.29 is 9.18 Å². The summed E-state index contributed by atoms with van der Waals surface area (Å²) in [7, 11) is 0. The molecule has 0 aliphatic carbocycles. The number of carbonyl (C=O) groups excluding carboxylic acids is 1. The van der Waals surface area contributed by atoms with Crippen molar-refractivity contribution in [3.8, 4) is 22.4 Å².